The minimum atomic E-state index is 0.620. The van der Waals surface area contributed by atoms with Crippen LogP contribution in [0.15, 0.2) is 48.7 Å². The van der Waals surface area contributed by atoms with Crippen LogP contribution in [0.3, 0.4) is 0 Å². The van der Waals surface area contributed by atoms with E-state index in [4.69, 9.17) is 4.74 Å². The van der Waals surface area contributed by atoms with Gasteiger partial charge in [0.15, 0.2) is 0 Å². The second kappa shape index (κ2) is 4.41. The molecule has 0 spiro atoms. The zero-order chi connectivity index (χ0) is 9.80. The predicted octanol–water partition coefficient (Wildman–Crippen LogP) is 3.48. The van der Waals surface area contributed by atoms with Crippen LogP contribution in [0.4, 0.5) is 0 Å². The van der Waals surface area contributed by atoms with E-state index in [0.717, 1.165) is 9.32 Å². The van der Waals surface area contributed by atoms with Crippen LogP contribution < -0.4 is 4.74 Å². The van der Waals surface area contributed by atoms with Gasteiger partial charge in [-0.25, -0.2) is 4.98 Å². The SMILES string of the molecule is Ic1cccc(Oc2ccccn2)c1. The van der Waals surface area contributed by atoms with Gasteiger partial charge < -0.3 is 4.74 Å². The molecule has 70 valence electrons. The molecule has 0 atom stereocenters. The lowest BCUT2D eigenvalue weighted by Gasteiger charge is -2.03. The number of aromatic nitrogens is 1. The van der Waals surface area contributed by atoms with E-state index in [1.807, 2.05) is 42.5 Å². The van der Waals surface area contributed by atoms with Crippen LogP contribution in [0.1, 0.15) is 0 Å². The van der Waals surface area contributed by atoms with Crippen LogP contribution in [-0.2, 0) is 0 Å². The molecule has 0 radical (unpaired) electrons. The Bertz CT molecular complexity index is 417. The fraction of sp³-hybridized carbons (Fsp3) is 0. The molecule has 1 aromatic carbocycles. The molecular formula is C11H8INO. The number of hydrogen-bond acceptors (Lipinski definition) is 2. The monoisotopic (exact) mass is 297 g/mol. The molecule has 0 aliphatic heterocycles. The van der Waals surface area contributed by atoms with E-state index in [-0.39, 0.29) is 0 Å². The fourth-order valence-corrected chi connectivity index (χ4v) is 1.57. The van der Waals surface area contributed by atoms with Crippen LogP contribution in [0, 0.1) is 3.57 Å². The van der Waals surface area contributed by atoms with Crippen LogP contribution in [0.25, 0.3) is 0 Å². The van der Waals surface area contributed by atoms with Gasteiger partial charge in [-0.1, -0.05) is 12.1 Å². The lowest BCUT2D eigenvalue weighted by atomic mass is 10.3. The predicted molar refractivity (Wildman–Crippen MR) is 63.5 cm³/mol. The van der Waals surface area contributed by atoms with Crippen molar-refractivity contribution < 1.29 is 4.74 Å². The van der Waals surface area contributed by atoms with Crippen molar-refractivity contribution in [2.45, 2.75) is 0 Å². The van der Waals surface area contributed by atoms with Crippen LogP contribution in [0.5, 0.6) is 11.6 Å². The molecule has 2 nitrogen and oxygen atoms in total. The quantitative estimate of drug-likeness (QED) is 0.792. The summed E-state index contributed by atoms with van der Waals surface area (Å²) in [5.41, 5.74) is 0. The highest BCUT2D eigenvalue weighted by atomic mass is 127. The molecule has 1 heterocycles. The Morgan fingerprint density at radius 3 is 2.71 bits per heavy atom. The van der Waals surface area contributed by atoms with Gasteiger partial charge in [0.2, 0.25) is 5.88 Å². The number of benzene rings is 1. The van der Waals surface area contributed by atoms with Crippen molar-refractivity contribution >= 4 is 22.6 Å². The zero-order valence-electron chi connectivity index (χ0n) is 7.35. The van der Waals surface area contributed by atoms with Gasteiger partial charge in [0.1, 0.15) is 5.75 Å². The van der Waals surface area contributed by atoms with Gasteiger partial charge in [0.05, 0.1) is 0 Å². The minimum absolute atomic E-state index is 0.620. The average molecular weight is 297 g/mol. The Hall–Kier alpha value is -1.10. The number of pyridine rings is 1. The summed E-state index contributed by atoms with van der Waals surface area (Å²) in [5.74, 6) is 1.44. The van der Waals surface area contributed by atoms with Gasteiger partial charge in [-0.2, -0.15) is 0 Å². The number of hydrogen-bond donors (Lipinski definition) is 0. The van der Waals surface area contributed by atoms with Crippen molar-refractivity contribution in [3.63, 3.8) is 0 Å². The van der Waals surface area contributed by atoms with E-state index in [1.165, 1.54) is 0 Å². The molecule has 0 fully saturated rings. The van der Waals surface area contributed by atoms with Gasteiger partial charge in [0, 0.05) is 15.8 Å². The van der Waals surface area contributed by atoms with Crippen molar-refractivity contribution in [1.82, 2.24) is 4.98 Å². The normalized spacial score (nSPS) is 9.79. The molecule has 2 aromatic rings. The fourth-order valence-electron chi connectivity index (χ4n) is 1.06. The highest BCUT2D eigenvalue weighted by molar-refractivity contribution is 14.1. The Morgan fingerprint density at radius 2 is 2.00 bits per heavy atom. The largest absolute Gasteiger partial charge is 0.439 e. The highest BCUT2D eigenvalue weighted by Crippen LogP contribution is 2.20. The topological polar surface area (TPSA) is 22.1 Å². The molecule has 0 amide bonds. The molecule has 0 bridgehead atoms. The lowest BCUT2D eigenvalue weighted by Crippen LogP contribution is -1.86. The first-order valence-corrected chi connectivity index (χ1v) is 5.27. The van der Waals surface area contributed by atoms with E-state index in [9.17, 15) is 0 Å². The maximum absolute atomic E-state index is 5.54. The van der Waals surface area contributed by atoms with Crippen molar-refractivity contribution in [3.8, 4) is 11.6 Å². The summed E-state index contributed by atoms with van der Waals surface area (Å²) < 4.78 is 6.69. The molecule has 1 aromatic heterocycles. The van der Waals surface area contributed by atoms with Gasteiger partial charge in [-0.15, -0.1) is 0 Å². The Morgan fingerprint density at radius 1 is 1.07 bits per heavy atom. The summed E-state index contributed by atoms with van der Waals surface area (Å²) in [6.45, 7) is 0. The van der Waals surface area contributed by atoms with E-state index >= 15 is 0 Å². The number of ether oxygens (including phenoxy) is 1. The molecule has 0 saturated heterocycles. The number of halogens is 1. The molecule has 0 aliphatic carbocycles. The average Bonchev–Trinajstić information content (AvgIpc) is 2.19. The van der Waals surface area contributed by atoms with Gasteiger partial charge in [0.25, 0.3) is 0 Å². The smallest absolute Gasteiger partial charge is 0.219 e. The van der Waals surface area contributed by atoms with Crippen molar-refractivity contribution in [3.05, 3.63) is 52.2 Å². The first-order chi connectivity index (χ1) is 6.84. The second-order valence-electron chi connectivity index (χ2n) is 2.73. The van der Waals surface area contributed by atoms with Crippen molar-refractivity contribution in [2.24, 2.45) is 0 Å². The molecule has 0 saturated carbocycles. The summed E-state index contributed by atoms with van der Waals surface area (Å²) in [7, 11) is 0. The van der Waals surface area contributed by atoms with Crippen LogP contribution in [0.2, 0.25) is 0 Å². The van der Waals surface area contributed by atoms with Crippen LogP contribution in [-0.4, -0.2) is 4.98 Å². The number of nitrogens with zero attached hydrogens (tertiary/aromatic N) is 1. The summed E-state index contributed by atoms with van der Waals surface area (Å²) in [4.78, 5) is 4.08. The summed E-state index contributed by atoms with van der Waals surface area (Å²) in [6.07, 6.45) is 1.71. The molecule has 2 rings (SSSR count). The number of rotatable bonds is 2. The van der Waals surface area contributed by atoms with E-state index in [2.05, 4.69) is 27.6 Å². The van der Waals surface area contributed by atoms with Crippen LogP contribution >= 0.6 is 22.6 Å². The standard InChI is InChI=1S/C11H8INO/c12-9-4-3-5-10(8-9)14-11-6-1-2-7-13-11/h1-8H. The van der Waals surface area contributed by atoms with Crippen molar-refractivity contribution in [2.75, 3.05) is 0 Å². The first kappa shape index (κ1) is 9.45. The Balaban J connectivity index is 2.19. The van der Waals surface area contributed by atoms with Gasteiger partial charge in [-0.05, 0) is 46.9 Å². The summed E-state index contributed by atoms with van der Waals surface area (Å²) >= 11 is 2.25. The molecular weight excluding hydrogens is 289 g/mol. The van der Waals surface area contributed by atoms with Gasteiger partial charge in [-0.3, -0.25) is 0 Å². The molecule has 0 aliphatic rings. The third kappa shape index (κ3) is 2.45. The Kier molecular flexibility index (Phi) is 2.98. The zero-order valence-corrected chi connectivity index (χ0v) is 9.51. The first-order valence-electron chi connectivity index (χ1n) is 4.19. The van der Waals surface area contributed by atoms with Crippen molar-refractivity contribution in [1.29, 1.82) is 0 Å². The summed E-state index contributed by atoms with van der Waals surface area (Å²) in [6, 6.07) is 13.5. The molecule has 3 heteroatoms. The maximum atomic E-state index is 5.54. The highest BCUT2D eigenvalue weighted by Gasteiger charge is 1.96. The lowest BCUT2D eigenvalue weighted by molar-refractivity contribution is 0.462. The van der Waals surface area contributed by atoms with E-state index < -0.39 is 0 Å². The third-order valence-corrected chi connectivity index (χ3v) is 2.33. The molecule has 14 heavy (non-hydrogen) atoms. The third-order valence-electron chi connectivity index (χ3n) is 1.66. The van der Waals surface area contributed by atoms with E-state index in [0.29, 0.717) is 5.88 Å². The molecule has 0 N–H and O–H groups in total. The maximum Gasteiger partial charge on any atom is 0.219 e. The van der Waals surface area contributed by atoms with E-state index in [1.54, 1.807) is 6.20 Å². The second-order valence-corrected chi connectivity index (χ2v) is 3.97. The van der Waals surface area contributed by atoms with Gasteiger partial charge >= 0.3 is 0 Å². The minimum Gasteiger partial charge on any atom is -0.439 e. The molecule has 0 unspecified atom stereocenters. The summed E-state index contributed by atoms with van der Waals surface area (Å²) in [5, 5.41) is 0. The Labute approximate surface area is 96.1 Å².